The van der Waals surface area contributed by atoms with Crippen molar-refractivity contribution in [2.45, 2.75) is 65.0 Å². The fourth-order valence-electron chi connectivity index (χ4n) is 5.95. The molecule has 38 heavy (non-hydrogen) atoms. The number of hydrogen-bond donors (Lipinski definition) is 2. The summed E-state index contributed by atoms with van der Waals surface area (Å²) in [5.74, 6) is -0.252. The number of nitrogens with one attached hydrogen (secondary N) is 2. The van der Waals surface area contributed by atoms with E-state index in [2.05, 4.69) is 63.1 Å². The van der Waals surface area contributed by atoms with Crippen LogP contribution in [0.15, 0.2) is 30.3 Å². The Labute approximate surface area is 226 Å². The molecule has 204 valence electrons. The molecule has 0 bridgehead atoms. The van der Waals surface area contributed by atoms with E-state index in [-0.39, 0.29) is 11.9 Å². The van der Waals surface area contributed by atoms with Crippen LogP contribution in [0.2, 0.25) is 0 Å². The summed E-state index contributed by atoms with van der Waals surface area (Å²) in [4.78, 5) is 15.2. The summed E-state index contributed by atoms with van der Waals surface area (Å²) in [6.45, 7) is 12.8. The summed E-state index contributed by atoms with van der Waals surface area (Å²) in [6, 6.07) is 11.0. The van der Waals surface area contributed by atoms with E-state index >= 15 is 0 Å². The predicted molar refractivity (Wildman–Crippen MR) is 150 cm³/mol. The highest BCUT2D eigenvalue weighted by atomic mass is 16.5. The minimum atomic E-state index is -0.169. The maximum absolute atomic E-state index is 12.7. The van der Waals surface area contributed by atoms with E-state index in [4.69, 9.17) is 4.74 Å². The molecule has 0 radical (unpaired) electrons. The second-order valence-electron chi connectivity index (χ2n) is 10.6. The normalized spacial score (nSPS) is 16.9. The number of unbranched alkanes of at least 4 members (excludes halogenated alkanes) is 2. The van der Waals surface area contributed by atoms with Crippen LogP contribution in [0, 0.1) is 6.92 Å². The van der Waals surface area contributed by atoms with Crippen LogP contribution in [0.25, 0.3) is 11.0 Å². The van der Waals surface area contributed by atoms with E-state index in [9.17, 15) is 4.79 Å². The van der Waals surface area contributed by atoms with E-state index in [0.717, 1.165) is 86.4 Å². The van der Waals surface area contributed by atoms with Gasteiger partial charge in [-0.3, -0.25) is 4.79 Å². The zero-order chi connectivity index (χ0) is 26.3. The van der Waals surface area contributed by atoms with Gasteiger partial charge in [0.1, 0.15) is 5.52 Å². The Kier molecular flexibility index (Phi) is 9.04. The maximum Gasteiger partial charge on any atom is 0.306 e. The molecule has 1 fully saturated rings. The first-order valence-electron chi connectivity index (χ1n) is 14.4. The Bertz CT molecular complexity index is 1230. The van der Waals surface area contributed by atoms with Gasteiger partial charge in [-0.25, -0.2) is 4.68 Å². The van der Waals surface area contributed by atoms with Crippen LogP contribution in [0.1, 0.15) is 66.3 Å². The summed E-state index contributed by atoms with van der Waals surface area (Å²) < 4.78 is 7.42. The fourth-order valence-corrected chi connectivity index (χ4v) is 5.95. The largest absolute Gasteiger partial charge is 0.466 e. The molecule has 1 unspecified atom stereocenters. The van der Waals surface area contributed by atoms with Crippen molar-refractivity contribution in [3.63, 3.8) is 0 Å². The van der Waals surface area contributed by atoms with E-state index in [1.165, 1.54) is 30.5 Å². The third-order valence-electron chi connectivity index (χ3n) is 8.11. The average Bonchev–Trinajstić information content (AvgIpc) is 3.36. The molecular formula is C30H42N6O2. The molecule has 2 aliphatic heterocycles. The molecule has 3 heterocycles. The second kappa shape index (κ2) is 12.8. The van der Waals surface area contributed by atoms with Gasteiger partial charge < -0.3 is 20.3 Å². The number of benzene rings is 2. The lowest BCUT2D eigenvalue weighted by Crippen LogP contribution is -2.43. The highest BCUT2D eigenvalue weighted by Gasteiger charge is 2.24. The van der Waals surface area contributed by atoms with Crippen LogP contribution >= 0.6 is 0 Å². The molecule has 0 aliphatic carbocycles. The molecule has 5 rings (SSSR count). The van der Waals surface area contributed by atoms with Crippen molar-refractivity contribution in [2.24, 2.45) is 0 Å². The molecule has 1 aromatic heterocycles. The number of ether oxygens (including phenoxy) is 1. The Hall–Kier alpha value is -2.81. The summed E-state index contributed by atoms with van der Waals surface area (Å²) in [6.07, 6.45) is 4.87. The number of carbonyl (C=O) groups excluding carboxylic acids is 1. The highest BCUT2D eigenvalue weighted by molar-refractivity contribution is 5.80. The van der Waals surface area contributed by atoms with Crippen molar-refractivity contribution in [3.05, 3.63) is 58.1 Å². The molecule has 1 atom stereocenters. The van der Waals surface area contributed by atoms with E-state index in [0.29, 0.717) is 13.0 Å². The summed E-state index contributed by atoms with van der Waals surface area (Å²) in [5.41, 5.74) is 8.08. The summed E-state index contributed by atoms with van der Waals surface area (Å²) in [7, 11) is 0. The summed E-state index contributed by atoms with van der Waals surface area (Å²) >= 11 is 0. The van der Waals surface area contributed by atoms with Crippen molar-refractivity contribution >= 4 is 17.0 Å². The van der Waals surface area contributed by atoms with Gasteiger partial charge in [-0.1, -0.05) is 35.9 Å². The third kappa shape index (κ3) is 6.25. The number of aryl methyl sites for hydroxylation is 2. The Morgan fingerprint density at radius 1 is 1.03 bits per heavy atom. The molecule has 3 aromatic rings. The van der Waals surface area contributed by atoms with Crippen LogP contribution in [-0.4, -0.2) is 71.7 Å². The average molecular weight is 519 g/mol. The van der Waals surface area contributed by atoms with Crippen LogP contribution in [0.5, 0.6) is 0 Å². The molecular weight excluding hydrogens is 476 g/mol. The van der Waals surface area contributed by atoms with Crippen LogP contribution in [0.4, 0.5) is 0 Å². The number of carbonyl (C=O) groups is 1. The molecule has 2 N–H and O–H groups in total. The quantitative estimate of drug-likeness (QED) is 0.297. The van der Waals surface area contributed by atoms with Gasteiger partial charge in [0.15, 0.2) is 0 Å². The summed E-state index contributed by atoms with van der Waals surface area (Å²) in [5, 5.41) is 16.0. The van der Waals surface area contributed by atoms with Gasteiger partial charge in [-0.15, -0.1) is 5.10 Å². The molecule has 1 saturated heterocycles. The first kappa shape index (κ1) is 26.8. The lowest BCUT2D eigenvalue weighted by molar-refractivity contribution is -0.143. The number of hydrogen-bond acceptors (Lipinski definition) is 7. The number of nitrogens with zero attached hydrogens (tertiary/aromatic N) is 4. The molecule has 8 heteroatoms. The lowest BCUT2D eigenvalue weighted by atomic mass is 9.83. The monoisotopic (exact) mass is 518 g/mol. The second-order valence-corrected chi connectivity index (χ2v) is 10.6. The fraction of sp³-hybridized carbons (Fsp3) is 0.567. The van der Waals surface area contributed by atoms with Crippen molar-refractivity contribution < 1.29 is 9.53 Å². The van der Waals surface area contributed by atoms with Gasteiger partial charge in [0.25, 0.3) is 0 Å². The lowest BCUT2D eigenvalue weighted by Gasteiger charge is -2.27. The van der Waals surface area contributed by atoms with Crippen molar-refractivity contribution in [3.8, 4) is 0 Å². The predicted octanol–water partition coefficient (Wildman–Crippen LogP) is 3.55. The number of aromatic nitrogens is 3. The van der Waals surface area contributed by atoms with Crippen LogP contribution < -0.4 is 10.6 Å². The Balaban J connectivity index is 1.32. The van der Waals surface area contributed by atoms with E-state index in [1.807, 2.05) is 11.6 Å². The first-order chi connectivity index (χ1) is 18.6. The van der Waals surface area contributed by atoms with Crippen molar-refractivity contribution in [1.29, 1.82) is 0 Å². The molecule has 2 aromatic carbocycles. The van der Waals surface area contributed by atoms with E-state index < -0.39 is 0 Å². The minimum absolute atomic E-state index is 0.0826. The van der Waals surface area contributed by atoms with Gasteiger partial charge in [-0.05, 0) is 80.1 Å². The van der Waals surface area contributed by atoms with Crippen LogP contribution in [0.3, 0.4) is 0 Å². The number of esters is 1. The van der Waals surface area contributed by atoms with E-state index in [1.54, 1.807) is 0 Å². The van der Waals surface area contributed by atoms with Crippen molar-refractivity contribution in [2.75, 3.05) is 45.9 Å². The minimum Gasteiger partial charge on any atom is -0.466 e. The topological polar surface area (TPSA) is 84.3 Å². The number of fused-ring (bicyclic) bond motifs is 2. The molecule has 0 spiro atoms. The zero-order valence-electron chi connectivity index (χ0n) is 23.0. The van der Waals surface area contributed by atoms with Gasteiger partial charge in [-0.2, -0.15) is 0 Å². The van der Waals surface area contributed by atoms with Crippen LogP contribution in [-0.2, 0) is 29.0 Å². The molecule has 8 nitrogen and oxygen atoms in total. The Morgan fingerprint density at radius 2 is 1.87 bits per heavy atom. The smallest absolute Gasteiger partial charge is 0.306 e. The van der Waals surface area contributed by atoms with Gasteiger partial charge in [0.2, 0.25) is 0 Å². The third-order valence-corrected chi connectivity index (χ3v) is 8.11. The van der Waals surface area contributed by atoms with Gasteiger partial charge in [0.05, 0.1) is 18.5 Å². The first-order valence-corrected chi connectivity index (χ1v) is 14.4. The SMILES string of the molecule is CCOC(=O)CC(c1ccc2c(c1)CNCC2)c1ccc2c(nnn2CCCCCN2CCNCC2)c1C. The van der Waals surface area contributed by atoms with Gasteiger partial charge in [0, 0.05) is 45.2 Å². The highest BCUT2D eigenvalue weighted by Crippen LogP contribution is 2.35. The van der Waals surface area contributed by atoms with Crippen molar-refractivity contribution in [1.82, 2.24) is 30.5 Å². The molecule has 0 saturated carbocycles. The standard InChI is InChI=1S/C30H42N6O2/c1-3-38-29(37)20-27(24-8-7-23-11-12-32-21-25(23)19-24)26-9-10-28-30(22(26)2)33-34-36(28)16-6-4-5-15-35-17-13-31-14-18-35/h7-10,19,27,31-32H,3-6,11-18,20-21H2,1-2H3. The molecule has 2 aliphatic rings. The Morgan fingerprint density at radius 3 is 2.71 bits per heavy atom. The maximum atomic E-state index is 12.7. The number of piperazine rings is 1. The van der Waals surface area contributed by atoms with Gasteiger partial charge >= 0.3 is 5.97 Å². The molecule has 0 amide bonds. The number of rotatable bonds is 11. The zero-order valence-corrected chi connectivity index (χ0v) is 23.0.